The fourth-order valence-electron chi connectivity index (χ4n) is 3.02. The van der Waals surface area contributed by atoms with E-state index in [4.69, 9.17) is 4.74 Å². The minimum absolute atomic E-state index is 0.0237. The van der Waals surface area contributed by atoms with Crippen molar-refractivity contribution >= 4 is 39.3 Å². The topological polar surface area (TPSA) is 49.9 Å². The van der Waals surface area contributed by atoms with Crippen LogP contribution in [-0.2, 0) is 4.74 Å². The number of cyclic esters (lactones) is 1. The molecular formula is C15H19BrN2O3S. The Kier molecular flexibility index (Phi) is 4.73. The molecule has 0 aliphatic carbocycles. The van der Waals surface area contributed by atoms with E-state index in [9.17, 15) is 9.59 Å². The molecule has 1 unspecified atom stereocenters. The summed E-state index contributed by atoms with van der Waals surface area (Å²) in [4.78, 5) is 28.8. The van der Waals surface area contributed by atoms with E-state index in [0.717, 1.165) is 27.9 Å². The maximum absolute atomic E-state index is 12.4. The van der Waals surface area contributed by atoms with Crippen LogP contribution >= 0.6 is 27.3 Å². The van der Waals surface area contributed by atoms with Gasteiger partial charge in [-0.3, -0.25) is 4.79 Å². The summed E-state index contributed by atoms with van der Waals surface area (Å²) >= 11 is 4.85. The monoisotopic (exact) mass is 386 g/mol. The van der Waals surface area contributed by atoms with Crippen molar-refractivity contribution in [1.29, 1.82) is 0 Å². The number of likely N-dealkylation sites (tertiary alicyclic amines) is 1. The third-order valence-corrected chi connectivity index (χ3v) is 5.95. The highest BCUT2D eigenvalue weighted by Gasteiger charge is 2.37. The number of piperidine rings is 1. The van der Waals surface area contributed by atoms with Gasteiger partial charge < -0.3 is 14.5 Å². The SMILES string of the molecule is CCC1CN(C2CCN(C(=O)c3ccc(Br)s3)CC2)C(=O)O1. The Morgan fingerprint density at radius 2 is 2.14 bits per heavy atom. The van der Waals surface area contributed by atoms with Crippen molar-refractivity contribution in [2.24, 2.45) is 0 Å². The highest BCUT2D eigenvalue weighted by molar-refractivity contribution is 9.11. The average molecular weight is 387 g/mol. The van der Waals surface area contributed by atoms with Crippen LogP contribution in [0.25, 0.3) is 0 Å². The number of thiophene rings is 1. The van der Waals surface area contributed by atoms with Gasteiger partial charge in [0.15, 0.2) is 0 Å². The lowest BCUT2D eigenvalue weighted by atomic mass is 10.0. The molecule has 0 radical (unpaired) electrons. The van der Waals surface area contributed by atoms with Crippen LogP contribution in [0.2, 0.25) is 0 Å². The molecule has 2 fully saturated rings. The zero-order valence-electron chi connectivity index (χ0n) is 12.5. The van der Waals surface area contributed by atoms with E-state index in [1.165, 1.54) is 11.3 Å². The number of rotatable bonds is 3. The number of halogens is 1. The molecule has 2 amide bonds. The first-order chi connectivity index (χ1) is 10.6. The van der Waals surface area contributed by atoms with Crippen LogP contribution in [0, 0.1) is 0 Å². The minimum Gasteiger partial charge on any atom is -0.444 e. The van der Waals surface area contributed by atoms with E-state index in [1.54, 1.807) is 0 Å². The highest BCUT2D eigenvalue weighted by atomic mass is 79.9. The van der Waals surface area contributed by atoms with Crippen LogP contribution in [0.15, 0.2) is 15.9 Å². The summed E-state index contributed by atoms with van der Waals surface area (Å²) in [7, 11) is 0. The molecule has 1 atom stereocenters. The highest BCUT2D eigenvalue weighted by Crippen LogP contribution is 2.27. The second-order valence-corrected chi connectivity index (χ2v) is 8.16. The van der Waals surface area contributed by atoms with E-state index >= 15 is 0 Å². The summed E-state index contributed by atoms with van der Waals surface area (Å²) in [6.45, 7) is 4.10. The number of ether oxygens (including phenoxy) is 1. The third-order valence-electron chi connectivity index (χ3n) is 4.33. The molecule has 2 aliphatic heterocycles. The van der Waals surface area contributed by atoms with Gasteiger partial charge in [-0.15, -0.1) is 11.3 Å². The van der Waals surface area contributed by atoms with Gasteiger partial charge in [0.2, 0.25) is 0 Å². The molecule has 0 saturated carbocycles. The molecule has 0 N–H and O–H groups in total. The van der Waals surface area contributed by atoms with Gasteiger partial charge in [-0.25, -0.2) is 4.79 Å². The fraction of sp³-hybridized carbons (Fsp3) is 0.600. The Labute approximate surface area is 142 Å². The summed E-state index contributed by atoms with van der Waals surface area (Å²) < 4.78 is 6.29. The predicted molar refractivity (Wildman–Crippen MR) is 88.2 cm³/mol. The number of hydrogen-bond acceptors (Lipinski definition) is 4. The van der Waals surface area contributed by atoms with Gasteiger partial charge in [0.05, 0.1) is 15.2 Å². The molecule has 3 heterocycles. The van der Waals surface area contributed by atoms with Crippen LogP contribution in [0.4, 0.5) is 4.79 Å². The molecular weight excluding hydrogens is 368 g/mol. The van der Waals surface area contributed by atoms with Crippen molar-refractivity contribution in [2.45, 2.75) is 38.3 Å². The average Bonchev–Trinajstić information content (AvgIpc) is 3.12. The molecule has 0 aromatic carbocycles. The van der Waals surface area contributed by atoms with E-state index in [0.29, 0.717) is 19.6 Å². The first kappa shape index (κ1) is 15.8. The smallest absolute Gasteiger partial charge is 0.410 e. The van der Waals surface area contributed by atoms with Gasteiger partial charge in [0.1, 0.15) is 6.10 Å². The Bertz CT molecular complexity index is 569. The molecule has 3 rings (SSSR count). The van der Waals surface area contributed by atoms with Crippen molar-refractivity contribution in [3.05, 3.63) is 20.8 Å². The molecule has 5 nitrogen and oxygen atoms in total. The largest absolute Gasteiger partial charge is 0.444 e. The van der Waals surface area contributed by atoms with E-state index < -0.39 is 0 Å². The van der Waals surface area contributed by atoms with E-state index in [2.05, 4.69) is 15.9 Å². The zero-order chi connectivity index (χ0) is 15.7. The van der Waals surface area contributed by atoms with Crippen LogP contribution in [0.1, 0.15) is 35.9 Å². The lowest BCUT2D eigenvalue weighted by Gasteiger charge is -2.35. The van der Waals surface area contributed by atoms with Crippen molar-refractivity contribution < 1.29 is 14.3 Å². The van der Waals surface area contributed by atoms with Gasteiger partial charge in [0.25, 0.3) is 5.91 Å². The Hall–Kier alpha value is -1.08. The maximum Gasteiger partial charge on any atom is 0.410 e. The Morgan fingerprint density at radius 1 is 1.41 bits per heavy atom. The summed E-state index contributed by atoms with van der Waals surface area (Å²) in [6.07, 6.45) is 2.33. The van der Waals surface area contributed by atoms with Crippen LogP contribution in [0.3, 0.4) is 0 Å². The molecule has 120 valence electrons. The number of hydrogen-bond donors (Lipinski definition) is 0. The number of carbonyl (C=O) groups excluding carboxylic acids is 2. The lowest BCUT2D eigenvalue weighted by molar-refractivity contribution is 0.0663. The van der Waals surface area contributed by atoms with Gasteiger partial charge in [-0.2, -0.15) is 0 Å². The second kappa shape index (κ2) is 6.58. The molecule has 2 aliphatic rings. The number of carbonyl (C=O) groups is 2. The van der Waals surface area contributed by atoms with Crippen LogP contribution < -0.4 is 0 Å². The normalized spacial score (nSPS) is 23.0. The van der Waals surface area contributed by atoms with Gasteiger partial charge >= 0.3 is 6.09 Å². The summed E-state index contributed by atoms with van der Waals surface area (Å²) in [5.74, 6) is 0.0876. The van der Waals surface area contributed by atoms with E-state index in [1.807, 2.05) is 28.9 Å². The molecule has 0 bridgehead atoms. The van der Waals surface area contributed by atoms with Gasteiger partial charge in [-0.05, 0) is 47.3 Å². The quantitative estimate of drug-likeness (QED) is 0.800. The summed E-state index contributed by atoms with van der Waals surface area (Å²) in [5.41, 5.74) is 0. The van der Waals surface area contributed by atoms with Crippen LogP contribution in [0.5, 0.6) is 0 Å². The van der Waals surface area contributed by atoms with Crippen molar-refractivity contribution in [2.75, 3.05) is 19.6 Å². The Balaban J connectivity index is 1.56. The predicted octanol–water partition coefficient (Wildman–Crippen LogP) is 3.35. The van der Waals surface area contributed by atoms with Gasteiger partial charge in [0, 0.05) is 19.1 Å². The third kappa shape index (κ3) is 3.15. The zero-order valence-corrected chi connectivity index (χ0v) is 14.9. The molecule has 7 heteroatoms. The standard InChI is InChI=1S/C15H19BrN2O3S/c1-2-11-9-18(15(20)21-11)10-5-7-17(8-6-10)14(19)12-3-4-13(16)22-12/h3-4,10-11H,2,5-9H2,1H3. The lowest BCUT2D eigenvalue weighted by Crippen LogP contribution is -2.47. The van der Waals surface area contributed by atoms with Crippen LogP contribution in [-0.4, -0.2) is 53.6 Å². The number of nitrogens with zero attached hydrogens (tertiary/aromatic N) is 2. The van der Waals surface area contributed by atoms with E-state index in [-0.39, 0.29) is 24.1 Å². The maximum atomic E-state index is 12.4. The second-order valence-electron chi connectivity index (χ2n) is 5.69. The molecule has 1 aromatic heterocycles. The molecule has 1 aromatic rings. The minimum atomic E-state index is -0.196. The first-order valence-electron chi connectivity index (χ1n) is 7.60. The van der Waals surface area contributed by atoms with Crippen molar-refractivity contribution in [3.8, 4) is 0 Å². The first-order valence-corrected chi connectivity index (χ1v) is 9.21. The Morgan fingerprint density at radius 3 is 2.68 bits per heavy atom. The summed E-state index contributed by atoms with van der Waals surface area (Å²) in [6, 6.07) is 3.95. The summed E-state index contributed by atoms with van der Waals surface area (Å²) in [5, 5.41) is 0. The van der Waals surface area contributed by atoms with Crippen molar-refractivity contribution in [3.63, 3.8) is 0 Å². The van der Waals surface area contributed by atoms with Crippen molar-refractivity contribution in [1.82, 2.24) is 9.80 Å². The molecule has 2 saturated heterocycles. The molecule has 22 heavy (non-hydrogen) atoms. The number of amides is 2. The fourth-order valence-corrected chi connectivity index (χ4v) is 4.37. The van der Waals surface area contributed by atoms with Gasteiger partial charge in [-0.1, -0.05) is 6.92 Å². The molecule has 0 spiro atoms.